The first kappa shape index (κ1) is 10.6. The lowest BCUT2D eigenvalue weighted by Crippen LogP contribution is -1.96. The van der Waals surface area contributed by atoms with Crippen molar-refractivity contribution in [1.82, 2.24) is 0 Å². The molecular formula is C12H17Cl. The molecule has 1 unspecified atom stereocenters. The summed E-state index contributed by atoms with van der Waals surface area (Å²) >= 11 is 5.91. The van der Waals surface area contributed by atoms with Crippen molar-refractivity contribution < 1.29 is 0 Å². The van der Waals surface area contributed by atoms with Gasteiger partial charge >= 0.3 is 0 Å². The maximum absolute atomic E-state index is 5.91. The topological polar surface area (TPSA) is 0 Å². The van der Waals surface area contributed by atoms with Crippen molar-refractivity contribution in [2.45, 2.75) is 39.0 Å². The summed E-state index contributed by atoms with van der Waals surface area (Å²) in [7, 11) is 0. The Balaban J connectivity index is 2.67. The molecule has 0 aliphatic heterocycles. The first-order chi connectivity index (χ1) is 6.09. The number of alkyl halides is 1. The van der Waals surface area contributed by atoms with E-state index in [9.17, 15) is 0 Å². The molecule has 0 radical (unpaired) electrons. The molecule has 0 aromatic heterocycles. The summed E-state index contributed by atoms with van der Waals surface area (Å²) < 4.78 is 0. The fourth-order valence-corrected chi connectivity index (χ4v) is 1.59. The summed E-state index contributed by atoms with van der Waals surface area (Å²) in [4.78, 5) is 0. The Morgan fingerprint density at radius 1 is 1.31 bits per heavy atom. The third kappa shape index (κ3) is 3.40. The first-order valence-electron chi connectivity index (χ1n) is 4.80. The smallest absolute Gasteiger partial charge is 0.0311 e. The van der Waals surface area contributed by atoms with E-state index in [0.717, 1.165) is 12.8 Å². The highest BCUT2D eigenvalue weighted by molar-refractivity contribution is 6.20. The molecule has 0 aliphatic rings. The van der Waals surface area contributed by atoms with Gasteiger partial charge in [-0.15, -0.1) is 11.6 Å². The largest absolute Gasteiger partial charge is 0.123 e. The minimum absolute atomic E-state index is 0.278. The van der Waals surface area contributed by atoms with Crippen LogP contribution in [0.15, 0.2) is 18.2 Å². The zero-order chi connectivity index (χ0) is 9.84. The van der Waals surface area contributed by atoms with Gasteiger partial charge in [0.1, 0.15) is 0 Å². The van der Waals surface area contributed by atoms with Crippen LogP contribution in [0.3, 0.4) is 0 Å². The van der Waals surface area contributed by atoms with E-state index in [2.05, 4.69) is 32.0 Å². The molecule has 0 fully saturated rings. The number of benzene rings is 1. The lowest BCUT2D eigenvalue weighted by Gasteiger charge is -2.07. The van der Waals surface area contributed by atoms with Crippen LogP contribution in [0.1, 0.15) is 30.0 Å². The number of hydrogen-bond donors (Lipinski definition) is 0. The van der Waals surface area contributed by atoms with Gasteiger partial charge in [0.05, 0.1) is 0 Å². The zero-order valence-corrected chi connectivity index (χ0v) is 9.36. The Bertz CT molecular complexity index is 276. The average molecular weight is 197 g/mol. The summed E-state index contributed by atoms with van der Waals surface area (Å²) in [6.45, 7) is 6.34. The van der Waals surface area contributed by atoms with Crippen molar-refractivity contribution in [3.05, 3.63) is 34.9 Å². The highest BCUT2D eigenvalue weighted by Crippen LogP contribution is 2.14. The number of halogens is 1. The van der Waals surface area contributed by atoms with E-state index >= 15 is 0 Å². The number of hydrogen-bond acceptors (Lipinski definition) is 0. The summed E-state index contributed by atoms with van der Waals surface area (Å²) in [5, 5.41) is 0.278. The van der Waals surface area contributed by atoms with Gasteiger partial charge < -0.3 is 0 Å². The fourth-order valence-electron chi connectivity index (χ4n) is 1.48. The molecule has 0 heterocycles. The molecule has 1 atom stereocenters. The van der Waals surface area contributed by atoms with Crippen molar-refractivity contribution in [3.63, 3.8) is 0 Å². The van der Waals surface area contributed by atoms with Crippen LogP contribution in [-0.2, 0) is 6.42 Å². The predicted molar refractivity (Wildman–Crippen MR) is 59.6 cm³/mol. The van der Waals surface area contributed by atoms with Crippen LogP contribution < -0.4 is 0 Å². The normalized spacial score (nSPS) is 12.9. The predicted octanol–water partition coefficient (Wildman–Crippen LogP) is 3.86. The third-order valence-corrected chi connectivity index (χ3v) is 2.53. The molecule has 72 valence electrons. The molecular weight excluding hydrogens is 180 g/mol. The Labute approximate surface area is 85.9 Å². The molecule has 0 spiro atoms. The zero-order valence-electron chi connectivity index (χ0n) is 8.60. The van der Waals surface area contributed by atoms with E-state index in [1.54, 1.807) is 0 Å². The Kier molecular flexibility index (Phi) is 3.80. The lowest BCUT2D eigenvalue weighted by atomic mass is 10.0. The van der Waals surface area contributed by atoms with Crippen LogP contribution in [0, 0.1) is 13.8 Å². The molecule has 0 N–H and O–H groups in total. The molecule has 1 aromatic carbocycles. The molecule has 1 aromatic rings. The van der Waals surface area contributed by atoms with Gasteiger partial charge in [-0.1, -0.05) is 23.8 Å². The van der Waals surface area contributed by atoms with Gasteiger partial charge in [0.25, 0.3) is 0 Å². The molecule has 0 nitrogen and oxygen atoms in total. The summed E-state index contributed by atoms with van der Waals surface area (Å²) in [6.07, 6.45) is 2.15. The van der Waals surface area contributed by atoms with Crippen molar-refractivity contribution >= 4 is 11.6 Å². The second kappa shape index (κ2) is 4.66. The number of aryl methyl sites for hydroxylation is 3. The molecule has 0 bridgehead atoms. The monoisotopic (exact) mass is 196 g/mol. The minimum atomic E-state index is 0.278. The SMILES string of the molecule is Cc1ccc(CCC(C)Cl)c(C)c1. The van der Waals surface area contributed by atoms with Gasteiger partial charge in [-0.25, -0.2) is 0 Å². The standard InChI is InChI=1S/C12H17Cl/c1-9-4-6-12(10(2)8-9)7-5-11(3)13/h4,6,8,11H,5,7H2,1-3H3. The highest BCUT2D eigenvalue weighted by atomic mass is 35.5. The maximum Gasteiger partial charge on any atom is 0.0311 e. The Morgan fingerprint density at radius 3 is 2.54 bits per heavy atom. The van der Waals surface area contributed by atoms with Crippen molar-refractivity contribution in [3.8, 4) is 0 Å². The van der Waals surface area contributed by atoms with Gasteiger partial charge in [-0.3, -0.25) is 0 Å². The van der Waals surface area contributed by atoms with E-state index in [1.165, 1.54) is 16.7 Å². The second-order valence-corrected chi connectivity index (χ2v) is 4.49. The second-order valence-electron chi connectivity index (χ2n) is 3.75. The maximum atomic E-state index is 5.91. The minimum Gasteiger partial charge on any atom is -0.123 e. The summed E-state index contributed by atoms with van der Waals surface area (Å²) in [5.41, 5.74) is 4.15. The molecule has 1 heteroatoms. The molecule has 0 amide bonds. The van der Waals surface area contributed by atoms with Crippen LogP contribution in [-0.4, -0.2) is 5.38 Å². The van der Waals surface area contributed by atoms with Gasteiger partial charge in [0, 0.05) is 5.38 Å². The van der Waals surface area contributed by atoms with E-state index in [1.807, 2.05) is 6.92 Å². The number of rotatable bonds is 3. The van der Waals surface area contributed by atoms with Crippen LogP contribution in [0.25, 0.3) is 0 Å². The third-order valence-electron chi connectivity index (χ3n) is 2.31. The summed E-state index contributed by atoms with van der Waals surface area (Å²) in [5.74, 6) is 0. The quantitative estimate of drug-likeness (QED) is 0.644. The van der Waals surface area contributed by atoms with Crippen molar-refractivity contribution in [1.29, 1.82) is 0 Å². The van der Waals surface area contributed by atoms with Crippen LogP contribution in [0.4, 0.5) is 0 Å². The molecule has 13 heavy (non-hydrogen) atoms. The Morgan fingerprint density at radius 2 is 2.00 bits per heavy atom. The van der Waals surface area contributed by atoms with Crippen molar-refractivity contribution in [2.75, 3.05) is 0 Å². The van der Waals surface area contributed by atoms with E-state index in [-0.39, 0.29) is 5.38 Å². The lowest BCUT2D eigenvalue weighted by molar-refractivity contribution is 0.799. The Hall–Kier alpha value is -0.490. The first-order valence-corrected chi connectivity index (χ1v) is 5.23. The van der Waals surface area contributed by atoms with E-state index in [4.69, 9.17) is 11.6 Å². The van der Waals surface area contributed by atoms with Gasteiger partial charge in [-0.2, -0.15) is 0 Å². The fraction of sp³-hybridized carbons (Fsp3) is 0.500. The molecule has 0 saturated carbocycles. The molecule has 1 rings (SSSR count). The van der Waals surface area contributed by atoms with Crippen LogP contribution >= 0.6 is 11.6 Å². The van der Waals surface area contributed by atoms with Gasteiger partial charge in [0.2, 0.25) is 0 Å². The van der Waals surface area contributed by atoms with Gasteiger partial charge in [-0.05, 0) is 44.7 Å². The average Bonchev–Trinajstić information content (AvgIpc) is 2.02. The van der Waals surface area contributed by atoms with E-state index in [0.29, 0.717) is 0 Å². The molecule has 0 saturated heterocycles. The summed E-state index contributed by atoms with van der Waals surface area (Å²) in [6, 6.07) is 6.61. The van der Waals surface area contributed by atoms with Crippen LogP contribution in [0.2, 0.25) is 0 Å². The van der Waals surface area contributed by atoms with Crippen LogP contribution in [0.5, 0.6) is 0 Å². The highest BCUT2D eigenvalue weighted by Gasteiger charge is 2.01. The molecule has 0 aliphatic carbocycles. The van der Waals surface area contributed by atoms with E-state index < -0.39 is 0 Å². The van der Waals surface area contributed by atoms with Crippen molar-refractivity contribution in [2.24, 2.45) is 0 Å². The van der Waals surface area contributed by atoms with Gasteiger partial charge in [0.15, 0.2) is 0 Å².